The number of allylic oxidation sites excluding steroid dienone is 1. The minimum atomic E-state index is -1.03. The molecule has 0 aromatic heterocycles. The first-order chi connectivity index (χ1) is 10.1. The molecule has 0 aliphatic rings. The van der Waals surface area contributed by atoms with E-state index in [0.717, 1.165) is 11.1 Å². The molecule has 0 bridgehead atoms. The number of benzene rings is 1. The second kappa shape index (κ2) is 7.25. The second-order valence-corrected chi connectivity index (χ2v) is 6.71. The van der Waals surface area contributed by atoms with E-state index in [1.807, 2.05) is 32.1 Å². The lowest BCUT2D eigenvalue weighted by Crippen LogP contribution is -2.40. The van der Waals surface area contributed by atoms with E-state index in [2.05, 4.69) is 26.1 Å². The van der Waals surface area contributed by atoms with Gasteiger partial charge in [-0.05, 0) is 43.4 Å². The monoisotopic (exact) mass is 303 g/mol. The molecule has 0 aliphatic carbocycles. The number of aliphatic carboxylic acids is 1. The van der Waals surface area contributed by atoms with Crippen molar-refractivity contribution >= 4 is 11.9 Å². The summed E-state index contributed by atoms with van der Waals surface area (Å²) in [6, 6.07) is 6.36. The van der Waals surface area contributed by atoms with Gasteiger partial charge in [0.25, 0.3) is 5.91 Å². The van der Waals surface area contributed by atoms with Crippen molar-refractivity contribution in [2.45, 2.75) is 52.5 Å². The van der Waals surface area contributed by atoms with Crippen LogP contribution < -0.4 is 5.32 Å². The maximum Gasteiger partial charge on any atom is 0.326 e. The van der Waals surface area contributed by atoms with E-state index >= 15 is 0 Å². The summed E-state index contributed by atoms with van der Waals surface area (Å²) in [6.45, 7) is 10.1. The van der Waals surface area contributed by atoms with Gasteiger partial charge in [0.2, 0.25) is 0 Å². The molecule has 0 radical (unpaired) electrons. The smallest absolute Gasteiger partial charge is 0.326 e. The van der Waals surface area contributed by atoms with E-state index in [0.29, 0.717) is 5.56 Å². The molecule has 2 N–H and O–H groups in total. The number of carbonyl (C=O) groups is 2. The molecular weight excluding hydrogens is 278 g/mol. The van der Waals surface area contributed by atoms with Crippen molar-refractivity contribution in [1.82, 2.24) is 5.32 Å². The molecule has 0 saturated heterocycles. The average molecular weight is 303 g/mol. The van der Waals surface area contributed by atoms with Crippen LogP contribution in [0.25, 0.3) is 0 Å². The Labute approximate surface area is 132 Å². The van der Waals surface area contributed by atoms with E-state index in [9.17, 15) is 14.7 Å². The third kappa shape index (κ3) is 5.35. The van der Waals surface area contributed by atoms with E-state index in [-0.39, 0.29) is 17.7 Å². The Morgan fingerprint density at radius 2 is 1.73 bits per heavy atom. The van der Waals surface area contributed by atoms with Gasteiger partial charge in [-0.15, -0.1) is 0 Å². The van der Waals surface area contributed by atoms with E-state index in [1.54, 1.807) is 12.1 Å². The molecule has 1 atom stereocenters. The van der Waals surface area contributed by atoms with Crippen molar-refractivity contribution < 1.29 is 14.7 Å². The Bertz CT molecular complexity index is 561. The van der Waals surface area contributed by atoms with Crippen molar-refractivity contribution in [2.75, 3.05) is 0 Å². The van der Waals surface area contributed by atoms with E-state index < -0.39 is 12.0 Å². The number of nitrogens with one attached hydrogen (secondary N) is 1. The molecule has 0 saturated carbocycles. The fourth-order valence-corrected chi connectivity index (χ4v) is 1.94. The topological polar surface area (TPSA) is 66.4 Å². The molecule has 1 amide bonds. The molecule has 4 heteroatoms. The third-order valence-electron chi connectivity index (χ3n) is 3.38. The zero-order valence-corrected chi connectivity index (χ0v) is 13.9. The molecule has 0 heterocycles. The SMILES string of the molecule is CC(C)=CC[C@H](NC(=O)c1ccc(C(C)(C)C)cc1)C(=O)O. The van der Waals surface area contributed by atoms with Crippen molar-refractivity contribution in [3.8, 4) is 0 Å². The van der Waals surface area contributed by atoms with Crippen molar-refractivity contribution in [2.24, 2.45) is 0 Å². The normalized spacial score (nSPS) is 12.4. The largest absolute Gasteiger partial charge is 0.480 e. The quantitative estimate of drug-likeness (QED) is 0.818. The minimum Gasteiger partial charge on any atom is -0.480 e. The number of carbonyl (C=O) groups excluding carboxylic acids is 1. The molecule has 0 fully saturated rings. The number of hydrogen-bond donors (Lipinski definition) is 2. The summed E-state index contributed by atoms with van der Waals surface area (Å²) in [6.07, 6.45) is 2.09. The van der Waals surface area contributed by atoms with Crippen LogP contribution in [0, 0.1) is 0 Å². The highest BCUT2D eigenvalue weighted by atomic mass is 16.4. The Balaban J connectivity index is 2.82. The lowest BCUT2D eigenvalue weighted by Gasteiger charge is -2.19. The van der Waals surface area contributed by atoms with Crippen LogP contribution in [-0.2, 0) is 10.2 Å². The number of hydrogen-bond acceptors (Lipinski definition) is 2. The number of rotatable bonds is 5. The molecule has 1 aromatic rings. The molecule has 22 heavy (non-hydrogen) atoms. The summed E-state index contributed by atoms with van der Waals surface area (Å²) in [5, 5.41) is 11.8. The Morgan fingerprint density at radius 1 is 1.18 bits per heavy atom. The van der Waals surface area contributed by atoms with Crippen LogP contribution in [0.3, 0.4) is 0 Å². The zero-order valence-electron chi connectivity index (χ0n) is 13.9. The van der Waals surface area contributed by atoms with E-state index in [4.69, 9.17) is 0 Å². The van der Waals surface area contributed by atoms with Crippen LogP contribution in [0.5, 0.6) is 0 Å². The highest BCUT2D eigenvalue weighted by molar-refractivity contribution is 5.96. The summed E-state index contributed by atoms with van der Waals surface area (Å²) < 4.78 is 0. The summed E-state index contributed by atoms with van der Waals surface area (Å²) in [4.78, 5) is 23.4. The summed E-state index contributed by atoms with van der Waals surface area (Å²) >= 11 is 0. The molecular formula is C18H25NO3. The molecule has 120 valence electrons. The molecule has 0 spiro atoms. The van der Waals surface area contributed by atoms with Crippen LogP contribution in [0.15, 0.2) is 35.9 Å². The van der Waals surface area contributed by atoms with Crippen molar-refractivity contribution in [3.05, 3.63) is 47.0 Å². The van der Waals surface area contributed by atoms with Gasteiger partial charge in [-0.2, -0.15) is 0 Å². The van der Waals surface area contributed by atoms with Crippen LogP contribution in [0.4, 0.5) is 0 Å². The van der Waals surface area contributed by atoms with Gasteiger partial charge >= 0.3 is 5.97 Å². The summed E-state index contributed by atoms with van der Waals surface area (Å²) in [5.41, 5.74) is 2.64. The highest BCUT2D eigenvalue weighted by Gasteiger charge is 2.20. The van der Waals surface area contributed by atoms with Gasteiger partial charge in [0.15, 0.2) is 0 Å². The molecule has 0 aliphatic heterocycles. The Hall–Kier alpha value is -2.10. The fraction of sp³-hybridized carbons (Fsp3) is 0.444. The van der Waals surface area contributed by atoms with Gasteiger partial charge < -0.3 is 10.4 Å². The predicted octanol–water partition coefficient (Wildman–Crippen LogP) is 3.52. The minimum absolute atomic E-state index is 0.0159. The first kappa shape index (κ1) is 18.0. The van der Waals surface area contributed by atoms with Gasteiger partial charge in [-0.25, -0.2) is 4.79 Å². The standard InChI is InChI=1S/C18H25NO3/c1-12(2)6-11-15(17(21)22)19-16(20)13-7-9-14(10-8-13)18(3,4)5/h6-10,15H,11H2,1-5H3,(H,19,20)(H,21,22)/t15-/m0/s1. The van der Waals surface area contributed by atoms with Crippen LogP contribution in [0.2, 0.25) is 0 Å². The van der Waals surface area contributed by atoms with Gasteiger partial charge in [0.05, 0.1) is 0 Å². The maximum atomic E-state index is 12.2. The van der Waals surface area contributed by atoms with Gasteiger partial charge in [-0.1, -0.05) is 44.6 Å². The van der Waals surface area contributed by atoms with Crippen LogP contribution in [0.1, 0.15) is 57.0 Å². The van der Waals surface area contributed by atoms with Gasteiger partial charge in [0, 0.05) is 5.56 Å². The van der Waals surface area contributed by atoms with E-state index in [1.165, 1.54) is 0 Å². The third-order valence-corrected chi connectivity index (χ3v) is 3.38. The van der Waals surface area contributed by atoms with Gasteiger partial charge in [0.1, 0.15) is 6.04 Å². The van der Waals surface area contributed by atoms with Gasteiger partial charge in [-0.3, -0.25) is 4.79 Å². The molecule has 0 unspecified atom stereocenters. The van der Waals surface area contributed by atoms with Crippen molar-refractivity contribution in [3.63, 3.8) is 0 Å². The number of carboxylic acids is 1. The van der Waals surface area contributed by atoms with Crippen LogP contribution >= 0.6 is 0 Å². The lowest BCUT2D eigenvalue weighted by atomic mass is 9.86. The van der Waals surface area contributed by atoms with Crippen molar-refractivity contribution in [1.29, 1.82) is 0 Å². The first-order valence-corrected chi connectivity index (χ1v) is 7.39. The Morgan fingerprint density at radius 3 is 2.14 bits per heavy atom. The predicted molar refractivity (Wildman–Crippen MR) is 88.1 cm³/mol. The number of amides is 1. The summed E-state index contributed by atoms with van der Waals surface area (Å²) in [7, 11) is 0. The number of carboxylic acid groups (broad SMARTS) is 1. The fourth-order valence-electron chi connectivity index (χ4n) is 1.94. The zero-order chi connectivity index (χ0) is 16.9. The highest BCUT2D eigenvalue weighted by Crippen LogP contribution is 2.22. The maximum absolute atomic E-state index is 12.2. The second-order valence-electron chi connectivity index (χ2n) is 6.71. The lowest BCUT2D eigenvalue weighted by molar-refractivity contribution is -0.139. The molecule has 4 nitrogen and oxygen atoms in total. The first-order valence-electron chi connectivity index (χ1n) is 7.39. The van der Waals surface area contributed by atoms with Crippen LogP contribution in [-0.4, -0.2) is 23.0 Å². The summed E-state index contributed by atoms with van der Waals surface area (Å²) in [5.74, 6) is -1.40. The Kier molecular flexibility index (Phi) is 5.92. The molecule has 1 aromatic carbocycles. The molecule has 1 rings (SSSR count). The average Bonchev–Trinajstić information content (AvgIpc) is 2.41.